The number of benzene rings is 2. The number of rotatable bonds is 14. The van der Waals surface area contributed by atoms with E-state index in [1.54, 1.807) is 36.4 Å². The van der Waals surface area contributed by atoms with Crippen LogP contribution in [0.2, 0.25) is 0 Å². The van der Waals surface area contributed by atoms with E-state index in [0.29, 0.717) is 34.1 Å². The number of aliphatic carboxylic acids is 2. The molecule has 2 N–H and O–H groups in total. The van der Waals surface area contributed by atoms with E-state index < -0.39 is 51.9 Å². The Kier molecular flexibility index (Phi) is 12.8. The van der Waals surface area contributed by atoms with Crippen LogP contribution in [0.1, 0.15) is 51.7 Å². The summed E-state index contributed by atoms with van der Waals surface area (Å²) in [7, 11) is 5.92. The first-order chi connectivity index (χ1) is 25.1. The number of hydrogen-bond donors (Lipinski definition) is 2. The maximum absolute atomic E-state index is 12.2. The van der Waals surface area contributed by atoms with E-state index in [-0.39, 0.29) is 50.4 Å². The van der Waals surface area contributed by atoms with Crippen LogP contribution in [0.5, 0.6) is 23.0 Å². The number of carboxylic acids is 2. The Bertz CT molecular complexity index is 1700. The first-order valence-electron chi connectivity index (χ1n) is 16.7. The lowest BCUT2D eigenvalue weighted by atomic mass is 9.79. The van der Waals surface area contributed by atoms with Gasteiger partial charge in [-0.05, 0) is 59.4 Å². The van der Waals surface area contributed by atoms with Gasteiger partial charge in [0.2, 0.25) is 0 Å². The van der Waals surface area contributed by atoms with E-state index in [9.17, 15) is 30.3 Å². The summed E-state index contributed by atoms with van der Waals surface area (Å²) in [6.07, 6.45) is -1.29. The Morgan fingerprint density at radius 1 is 0.660 bits per heavy atom. The molecular weight excluding hydrogens is 688 g/mol. The van der Waals surface area contributed by atoms with Crippen LogP contribution < -0.4 is 18.9 Å². The molecule has 2 aromatic carbocycles. The summed E-state index contributed by atoms with van der Waals surface area (Å²) in [5.74, 6) is -1.03. The minimum Gasteiger partial charge on any atom is -0.493 e. The van der Waals surface area contributed by atoms with Crippen molar-refractivity contribution in [2.24, 2.45) is 16.2 Å². The van der Waals surface area contributed by atoms with Gasteiger partial charge in [-0.2, -0.15) is 10.5 Å². The Hall–Kier alpha value is -5.12. The van der Waals surface area contributed by atoms with E-state index in [4.69, 9.17) is 37.9 Å². The molecular formula is C39H46N2O12. The summed E-state index contributed by atoms with van der Waals surface area (Å²) in [5.41, 5.74) is -1.51. The van der Waals surface area contributed by atoms with Gasteiger partial charge >= 0.3 is 11.9 Å². The molecule has 14 nitrogen and oxygen atoms in total. The van der Waals surface area contributed by atoms with Crippen LogP contribution in [0.3, 0.4) is 0 Å². The second kappa shape index (κ2) is 16.7. The van der Waals surface area contributed by atoms with Gasteiger partial charge in [-0.1, -0.05) is 39.8 Å². The molecule has 2 aliphatic heterocycles. The third kappa shape index (κ3) is 8.92. The number of methoxy groups -OCH3 is 4. The molecule has 4 rings (SSSR count). The molecule has 0 unspecified atom stereocenters. The van der Waals surface area contributed by atoms with Gasteiger partial charge in [0, 0.05) is 10.8 Å². The summed E-state index contributed by atoms with van der Waals surface area (Å²) in [6, 6.07) is 13.6. The maximum atomic E-state index is 12.2. The van der Waals surface area contributed by atoms with Crippen molar-refractivity contribution < 1.29 is 57.7 Å². The number of nitrogens with zero attached hydrogens (tertiary/aromatic N) is 2. The van der Waals surface area contributed by atoms with Crippen LogP contribution in [0, 0.1) is 38.9 Å². The van der Waals surface area contributed by atoms with Crippen molar-refractivity contribution in [3.05, 3.63) is 58.7 Å². The highest BCUT2D eigenvalue weighted by atomic mass is 16.7. The lowest BCUT2D eigenvalue weighted by molar-refractivity contribution is -0.333. The largest absolute Gasteiger partial charge is 0.493 e. The van der Waals surface area contributed by atoms with Gasteiger partial charge in [0.1, 0.15) is 23.3 Å². The first kappa shape index (κ1) is 40.6. The summed E-state index contributed by atoms with van der Waals surface area (Å²) in [4.78, 5) is 24.3. The zero-order valence-corrected chi connectivity index (χ0v) is 31.2. The normalized spacial score (nSPS) is 21.3. The zero-order valence-electron chi connectivity index (χ0n) is 31.2. The second-order valence-electron chi connectivity index (χ2n) is 14.4. The average molecular weight is 735 g/mol. The quantitative estimate of drug-likeness (QED) is 0.177. The monoisotopic (exact) mass is 734 g/mol. The van der Waals surface area contributed by atoms with Gasteiger partial charge in [-0.15, -0.1) is 0 Å². The molecule has 2 aliphatic rings. The van der Waals surface area contributed by atoms with Gasteiger partial charge in [0.15, 0.2) is 35.6 Å². The average Bonchev–Trinajstić information content (AvgIpc) is 3.14. The van der Waals surface area contributed by atoms with Gasteiger partial charge in [-0.3, -0.25) is 0 Å². The highest BCUT2D eigenvalue weighted by Gasteiger charge is 2.48. The molecule has 14 heteroatoms. The SMILES string of the molecule is COc1ccc(/C(CC(C)(C)C2OCC3(CO2)COC(C(C)(C)C/C(=C(/C#N)C(=O)O)c2ccc(OC)c(OC)c2)OC3)=C(\C#N)C(=O)O)cc1OC. The molecule has 0 aromatic heterocycles. The van der Waals surface area contributed by atoms with Gasteiger partial charge < -0.3 is 48.1 Å². The number of nitriles is 2. The predicted molar refractivity (Wildman–Crippen MR) is 190 cm³/mol. The van der Waals surface area contributed by atoms with Crippen molar-refractivity contribution in [3.8, 4) is 35.1 Å². The van der Waals surface area contributed by atoms with E-state index in [0.717, 1.165) is 0 Å². The number of ether oxygens (including phenoxy) is 8. The number of allylic oxidation sites excluding steroid dienone is 2. The summed E-state index contributed by atoms with van der Waals surface area (Å²) in [6.45, 7) is 8.32. The van der Waals surface area contributed by atoms with Crippen LogP contribution in [0.25, 0.3) is 11.1 Å². The van der Waals surface area contributed by atoms with Crippen LogP contribution in [-0.4, -0.2) is 89.6 Å². The Morgan fingerprint density at radius 2 is 0.981 bits per heavy atom. The van der Waals surface area contributed by atoms with Crippen molar-refractivity contribution in [2.75, 3.05) is 54.9 Å². The van der Waals surface area contributed by atoms with Crippen molar-refractivity contribution in [3.63, 3.8) is 0 Å². The van der Waals surface area contributed by atoms with E-state index in [1.165, 1.54) is 28.4 Å². The summed E-state index contributed by atoms with van der Waals surface area (Å²) < 4.78 is 46.6. The molecule has 1 spiro atoms. The first-order valence-corrected chi connectivity index (χ1v) is 16.7. The molecule has 53 heavy (non-hydrogen) atoms. The van der Waals surface area contributed by atoms with Crippen LogP contribution in [-0.2, 0) is 28.5 Å². The molecule has 2 fully saturated rings. The smallest absolute Gasteiger partial charge is 0.346 e. The predicted octanol–water partition coefficient (Wildman–Crippen LogP) is 5.71. The molecule has 2 saturated heterocycles. The zero-order chi connectivity index (χ0) is 39.1. The third-order valence-corrected chi connectivity index (χ3v) is 9.42. The fraction of sp³-hybridized carbons (Fsp3) is 0.487. The fourth-order valence-corrected chi connectivity index (χ4v) is 6.54. The summed E-state index contributed by atoms with van der Waals surface area (Å²) >= 11 is 0. The van der Waals surface area contributed by atoms with E-state index >= 15 is 0 Å². The second-order valence-corrected chi connectivity index (χ2v) is 14.4. The molecule has 0 aliphatic carbocycles. The molecule has 284 valence electrons. The van der Waals surface area contributed by atoms with Gasteiger partial charge in [-0.25, -0.2) is 9.59 Å². The Labute approximate surface area is 309 Å². The van der Waals surface area contributed by atoms with E-state index in [1.807, 2.05) is 39.8 Å². The third-order valence-electron chi connectivity index (χ3n) is 9.42. The summed E-state index contributed by atoms with van der Waals surface area (Å²) in [5, 5.41) is 39.5. The number of carbonyl (C=O) groups is 2. The van der Waals surface area contributed by atoms with Crippen molar-refractivity contribution in [2.45, 2.75) is 53.1 Å². The fourth-order valence-electron chi connectivity index (χ4n) is 6.54. The van der Waals surface area contributed by atoms with E-state index in [2.05, 4.69) is 0 Å². The molecule has 0 amide bonds. The highest BCUT2D eigenvalue weighted by Crippen LogP contribution is 2.45. The number of carboxylic acid groups (broad SMARTS) is 2. The molecule has 2 heterocycles. The van der Waals surface area contributed by atoms with Crippen molar-refractivity contribution in [1.29, 1.82) is 10.5 Å². The van der Waals surface area contributed by atoms with Gasteiger partial charge in [0.25, 0.3) is 0 Å². The van der Waals surface area contributed by atoms with Crippen LogP contribution in [0.15, 0.2) is 47.5 Å². The van der Waals surface area contributed by atoms with Crippen molar-refractivity contribution >= 4 is 23.1 Å². The molecule has 2 aromatic rings. The maximum Gasteiger partial charge on any atom is 0.346 e. The minimum absolute atomic E-state index is 0.121. The van der Waals surface area contributed by atoms with Crippen LogP contribution in [0.4, 0.5) is 0 Å². The molecule has 0 radical (unpaired) electrons. The van der Waals surface area contributed by atoms with Crippen LogP contribution >= 0.6 is 0 Å². The Balaban J connectivity index is 1.48. The number of hydrogen-bond acceptors (Lipinski definition) is 12. The minimum atomic E-state index is -1.36. The molecule has 0 bridgehead atoms. The lowest BCUT2D eigenvalue weighted by Gasteiger charge is -2.49. The van der Waals surface area contributed by atoms with Crippen molar-refractivity contribution in [1.82, 2.24) is 0 Å². The highest BCUT2D eigenvalue weighted by molar-refractivity contribution is 6.01. The molecule has 0 atom stereocenters. The van der Waals surface area contributed by atoms with Gasteiger partial charge in [0.05, 0.1) is 60.3 Å². The lowest BCUT2D eigenvalue weighted by Crippen LogP contribution is -2.56. The standard InChI is InChI=1S/C39H46N2O12/c1-37(2,15-25(27(17-40)33(42)43)23-9-11-29(46-5)31(13-23)48-7)35-50-19-39(20-51-35)21-52-36(53-22-39)38(3,4)16-26(28(18-41)34(44)45)24-10-12-30(47-6)32(14-24)49-8/h9-14,35-36H,15-16,19-22H2,1-8H3,(H,42,43)(H,44,45)/b27-25+,28-26+. The Morgan fingerprint density at radius 3 is 1.25 bits per heavy atom. The molecule has 0 saturated carbocycles. The topological polar surface area (TPSA) is 196 Å².